The molecule has 10 nitrogen and oxygen atoms in total. The second-order valence-corrected chi connectivity index (χ2v) is 10.3. The van der Waals surface area contributed by atoms with E-state index >= 15 is 0 Å². The standard InChI is InChI=1S/C23H27F3N6O4S/c1-5-9-27-21(33)14-11-19(36-3)18(10-13(14)2)30-22-28-12-15(23(24,25)26)20(31-22)29-16-7-6-8-17(16)32-37(4,34)35/h1,10-12,16-17,32H,6-9H2,2-4H3,(H,27,33)(H2,28,29,30,31)/t16-,17-/m1/s1. The van der Waals surface area contributed by atoms with E-state index in [4.69, 9.17) is 11.2 Å². The number of alkyl halides is 3. The number of hydrogen-bond donors (Lipinski definition) is 4. The van der Waals surface area contributed by atoms with Gasteiger partial charge in [-0.2, -0.15) is 18.2 Å². The molecule has 0 spiro atoms. The van der Waals surface area contributed by atoms with Crippen molar-refractivity contribution in [2.45, 2.75) is 44.4 Å². The Morgan fingerprint density at radius 1 is 1.27 bits per heavy atom. The molecule has 3 rings (SSSR count). The second-order valence-electron chi connectivity index (χ2n) is 8.51. The van der Waals surface area contributed by atoms with Gasteiger partial charge in [-0.15, -0.1) is 6.42 Å². The predicted octanol–water partition coefficient (Wildman–Crippen LogP) is 2.80. The predicted molar refractivity (Wildman–Crippen MR) is 132 cm³/mol. The number of terminal acetylenes is 1. The molecule has 1 amide bonds. The van der Waals surface area contributed by atoms with E-state index in [-0.39, 0.29) is 18.2 Å². The van der Waals surface area contributed by atoms with E-state index in [1.54, 1.807) is 13.0 Å². The summed E-state index contributed by atoms with van der Waals surface area (Å²) in [6, 6.07) is 1.85. The van der Waals surface area contributed by atoms with Gasteiger partial charge in [0.15, 0.2) is 0 Å². The van der Waals surface area contributed by atoms with Gasteiger partial charge >= 0.3 is 6.18 Å². The quantitative estimate of drug-likeness (QED) is 0.357. The largest absolute Gasteiger partial charge is 0.495 e. The molecular formula is C23H27F3N6O4S. The fourth-order valence-corrected chi connectivity index (χ4v) is 4.86. The van der Waals surface area contributed by atoms with Crippen LogP contribution in [0.3, 0.4) is 0 Å². The Morgan fingerprint density at radius 2 is 1.97 bits per heavy atom. The molecule has 0 aliphatic heterocycles. The van der Waals surface area contributed by atoms with Crippen molar-refractivity contribution in [3.8, 4) is 18.1 Å². The van der Waals surface area contributed by atoms with E-state index in [9.17, 15) is 26.4 Å². The van der Waals surface area contributed by atoms with Crippen LogP contribution in [0, 0.1) is 19.3 Å². The summed E-state index contributed by atoms with van der Waals surface area (Å²) in [7, 11) is -2.19. The van der Waals surface area contributed by atoms with Gasteiger partial charge < -0.3 is 20.7 Å². The van der Waals surface area contributed by atoms with Crippen LogP contribution in [0.1, 0.15) is 40.7 Å². The lowest BCUT2D eigenvalue weighted by Gasteiger charge is -2.24. The first-order chi connectivity index (χ1) is 17.3. The molecule has 1 aliphatic carbocycles. The Balaban J connectivity index is 1.93. The van der Waals surface area contributed by atoms with E-state index in [1.165, 1.54) is 13.2 Å². The first-order valence-corrected chi connectivity index (χ1v) is 13.1. The minimum Gasteiger partial charge on any atom is -0.495 e. The lowest BCUT2D eigenvalue weighted by atomic mass is 10.1. The Hall–Kier alpha value is -3.57. The van der Waals surface area contributed by atoms with Crippen LogP contribution in [0.15, 0.2) is 18.3 Å². The molecule has 0 radical (unpaired) electrons. The van der Waals surface area contributed by atoms with Gasteiger partial charge in [-0.25, -0.2) is 18.1 Å². The molecule has 0 saturated heterocycles. The summed E-state index contributed by atoms with van der Waals surface area (Å²) in [5, 5.41) is 8.15. The Morgan fingerprint density at radius 3 is 2.59 bits per heavy atom. The summed E-state index contributed by atoms with van der Waals surface area (Å²) < 4.78 is 72.3. The van der Waals surface area contributed by atoms with Crippen molar-refractivity contribution < 1.29 is 31.1 Å². The number of nitrogens with zero attached hydrogens (tertiary/aromatic N) is 2. The van der Waals surface area contributed by atoms with Gasteiger partial charge in [0.2, 0.25) is 16.0 Å². The summed E-state index contributed by atoms with van der Waals surface area (Å²) in [6.45, 7) is 1.71. The first kappa shape index (κ1) is 28.0. The van der Waals surface area contributed by atoms with Gasteiger partial charge in [-0.05, 0) is 43.9 Å². The number of sulfonamides is 1. The number of aromatic nitrogens is 2. The van der Waals surface area contributed by atoms with Crippen molar-refractivity contribution in [2.24, 2.45) is 0 Å². The third-order valence-corrected chi connectivity index (χ3v) is 6.42. The molecule has 200 valence electrons. The van der Waals surface area contributed by atoms with Gasteiger partial charge in [0.1, 0.15) is 17.1 Å². The number of benzene rings is 1. The zero-order chi connectivity index (χ0) is 27.4. The molecule has 1 heterocycles. The van der Waals surface area contributed by atoms with Crippen LogP contribution in [0.5, 0.6) is 5.75 Å². The number of aryl methyl sites for hydroxylation is 1. The number of anilines is 3. The molecule has 1 aliphatic rings. The minimum atomic E-state index is -4.75. The SMILES string of the molecule is C#CCNC(=O)c1cc(OC)c(Nc2ncc(C(F)(F)F)c(N[C@@H]3CCC[C@H]3NS(C)(=O)=O)n2)cc1C. The van der Waals surface area contributed by atoms with Crippen LogP contribution in [0.2, 0.25) is 0 Å². The Labute approximate surface area is 212 Å². The molecule has 2 aromatic rings. The van der Waals surface area contributed by atoms with Crippen LogP contribution in [0.4, 0.5) is 30.6 Å². The number of rotatable bonds is 9. The molecule has 0 unspecified atom stereocenters. The van der Waals surface area contributed by atoms with Gasteiger partial charge in [-0.3, -0.25) is 4.79 Å². The Kier molecular flexibility index (Phi) is 8.49. The average Bonchev–Trinajstić information content (AvgIpc) is 3.21. The zero-order valence-corrected chi connectivity index (χ0v) is 21.2. The van der Waals surface area contributed by atoms with Crippen molar-refractivity contribution in [1.82, 2.24) is 20.0 Å². The van der Waals surface area contributed by atoms with Crippen molar-refractivity contribution in [3.63, 3.8) is 0 Å². The van der Waals surface area contributed by atoms with E-state index < -0.39 is 45.6 Å². The van der Waals surface area contributed by atoms with Crippen molar-refractivity contribution in [2.75, 3.05) is 30.5 Å². The summed E-state index contributed by atoms with van der Waals surface area (Å²) >= 11 is 0. The number of methoxy groups -OCH3 is 1. The van der Waals surface area contributed by atoms with E-state index in [0.29, 0.717) is 42.3 Å². The normalized spacial score (nSPS) is 17.6. The molecule has 1 aromatic carbocycles. The number of nitrogens with one attached hydrogen (secondary N) is 4. The van der Waals surface area contributed by atoms with E-state index in [0.717, 1.165) is 6.26 Å². The number of hydrogen-bond acceptors (Lipinski definition) is 8. The van der Waals surface area contributed by atoms with Gasteiger partial charge in [0, 0.05) is 23.8 Å². The van der Waals surface area contributed by atoms with Gasteiger partial charge in [0.25, 0.3) is 5.91 Å². The van der Waals surface area contributed by atoms with Crippen LogP contribution in [-0.4, -0.2) is 56.3 Å². The number of halogens is 3. The molecule has 1 fully saturated rings. The lowest BCUT2D eigenvalue weighted by Crippen LogP contribution is -2.43. The lowest BCUT2D eigenvalue weighted by molar-refractivity contribution is -0.137. The molecule has 0 bridgehead atoms. The van der Waals surface area contributed by atoms with E-state index in [2.05, 4.69) is 36.6 Å². The highest BCUT2D eigenvalue weighted by molar-refractivity contribution is 7.88. The number of amides is 1. The highest BCUT2D eigenvalue weighted by Gasteiger charge is 2.37. The molecule has 1 saturated carbocycles. The topological polar surface area (TPSA) is 134 Å². The summed E-state index contributed by atoms with van der Waals surface area (Å²) in [4.78, 5) is 20.2. The minimum absolute atomic E-state index is 0.0390. The van der Waals surface area contributed by atoms with Crippen molar-refractivity contribution >= 4 is 33.4 Å². The molecule has 14 heteroatoms. The number of carbonyl (C=O) groups is 1. The fourth-order valence-electron chi connectivity index (χ4n) is 4.03. The van der Waals surface area contributed by atoms with Crippen LogP contribution < -0.4 is 25.4 Å². The summed E-state index contributed by atoms with van der Waals surface area (Å²) in [6.07, 6.45) is 3.62. The molecule has 1 aromatic heterocycles. The third kappa shape index (κ3) is 7.23. The monoisotopic (exact) mass is 540 g/mol. The highest BCUT2D eigenvalue weighted by Crippen LogP contribution is 2.36. The van der Waals surface area contributed by atoms with E-state index in [1.807, 2.05) is 0 Å². The smallest absolute Gasteiger partial charge is 0.421 e. The molecule has 4 N–H and O–H groups in total. The second kappa shape index (κ2) is 11.2. The summed E-state index contributed by atoms with van der Waals surface area (Å²) in [5.41, 5.74) is 0.0751. The van der Waals surface area contributed by atoms with Crippen LogP contribution >= 0.6 is 0 Å². The van der Waals surface area contributed by atoms with Crippen molar-refractivity contribution in [3.05, 3.63) is 35.0 Å². The maximum Gasteiger partial charge on any atom is 0.421 e. The first-order valence-electron chi connectivity index (χ1n) is 11.2. The Bertz CT molecular complexity index is 1310. The highest BCUT2D eigenvalue weighted by atomic mass is 32.2. The number of ether oxygens (including phenoxy) is 1. The summed E-state index contributed by atoms with van der Waals surface area (Å²) in [5.74, 6) is 1.47. The van der Waals surface area contributed by atoms with Crippen molar-refractivity contribution in [1.29, 1.82) is 0 Å². The zero-order valence-electron chi connectivity index (χ0n) is 20.4. The fraction of sp³-hybridized carbons (Fsp3) is 0.435. The average molecular weight is 541 g/mol. The van der Waals surface area contributed by atoms with Crippen LogP contribution in [0.25, 0.3) is 0 Å². The molecular weight excluding hydrogens is 513 g/mol. The maximum absolute atomic E-state index is 13.7. The number of carbonyl (C=O) groups excluding carboxylic acids is 1. The van der Waals surface area contributed by atoms with Gasteiger partial charge in [-0.1, -0.05) is 5.92 Å². The molecule has 2 atom stereocenters. The molecule has 37 heavy (non-hydrogen) atoms. The van der Waals surface area contributed by atoms with Gasteiger partial charge in [0.05, 0.1) is 25.6 Å². The third-order valence-electron chi connectivity index (χ3n) is 5.69. The maximum atomic E-state index is 13.7. The van der Waals surface area contributed by atoms with Crippen LogP contribution in [-0.2, 0) is 16.2 Å².